The van der Waals surface area contributed by atoms with Gasteiger partial charge in [0.15, 0.2) is 0 Å². The van der Waals surface area contributed by atoms with Crippen LogP contribution in [-0.2, 0) is 38.8 Å². The summed E-state index contributed by atoms with van der Waals surface area (Å²) in [6.45, 7) is 3.79. The minimum Gasteiger partial charge on any atom is -0.388 e. The van der Waals surface area contributed by atoms with Crippen LogP contribution in [0.3, 0.4) is 0 Å². The van der Waals surface area contributed by atoms with E-state index in [0.717, 1.165) is 36.0 Å². The predicted octanol–water partition coefficient (Wildman–Crippen LogP) is 5.69. The first kappa shape index (κ1) is 26.5. The van der Waals surface area contributed by atoms with Gasteiger partial charge in [-0.1, -0.05) is 111 Å². The van der Waals surface area contributed by atoms with Crippen LogP contribution in [0.4, 0.5) is 0 Å². The first-order valence-electron chi connectivity index (χ1n) is 13.0. The maximum atomic E-state index is 11.4. The molecule has 1 saturated heterocycles. The van der Waals surface area contributed by atoms with Gasteiger partial charge in [-0.25, -0.2) is 0 Å². The third-order valence-corrected chi connectivity index (χ3v) is 6.56. The van der Waals surface area contributed by atoms with Crippen LogP contribution in [0, 0.1) is 0 Å². The summed E-state index contributed by atoms with van der Waals surface area (Å²) in [6.07, 6.45) is 0.296. The number of rotatable bonds is 13. The molecular formula is C31H38O5. The topological polar surface area (TPSA) is 57.2 Å². The number of unbranched alkanes of at least 4 members (excludes halogenated alkanes) is 1. The van der Waals surface area contributed by atoms with E-state index in [2.05, 4.69) is 6.92 Å². The summed E-state index contributed by atoms with van der Waals surface area (Å²) in [5.41, 5.74) is 3.22. The first-order valence-corrected chi connectivity index (χ1v) is 13.0. The average Bonchev–Trinajstić information content (AvgIpc) is 2.93. The van der Waals surface area contributed by atoms with Crippen molar-refractivity contribution in [3.05, 3.63) is 108 Å². The van der Waals surface area contributed by atoms with Crippen molar-refractivity contribution in [2.75, 3.05) is 6.61 Å². The minimum absolute atomic E-state index is 0.326. The van der Waals surface area contributed by atoms with E-state index in [1.54, 1.807) is 0 Å². The highest BCUT2D eigenvalue weighted by atomic mass is 16.6. The van der Waals surface area contributed by atoms with E-state index >= 15 is 0 Å². The zero-order valence-corrected chi connectivity index (χ0v) is 21.1. The van der Waals surface area contributed by atoms with Crippen LogP contribution >= 0.6 is 0 Å². The molecule has 36 heavy (non-hydrogen) atoms. The molecule has 1 heterocycles. The number of aliphatic hydroxyl groups is 1. The Morgan fingerprint density at radius 3 is 1.69 bits per heavy atom. The third kappa shape index (κ3) is 7.73. The molecular weight excluding hydrogens is 452 g/mol. The molecule has 0 aromatic heterocycles. The molecule has 1 aliphatic rings. The minimum atomic E-state index is -0.786. The number of benzene rings is 3. The van der Waals surface area contributed by atoms with E-state index in [1.165, 1.54) is 0 Å². The lowest BCUT2D eigenvalue weighted by Gasteiger charge is -2.44. The summed E-state index contributed by atoms with van der Waals surface area (Å²) in [7, 11) is 0. The van der Waals surface area contributed by atoms with Crippen molar-refractivity contribution in [2.45, 2.75) is 76.5 Å². The summed E-state index contributed by atoms with van der Waals surface area (Å²) in [5.74, 6) is 0. The van der Waals surface area contributed by atoms with Crippen molar-refractivity contribution in [2.24, 2.45) is 0 Å². The van der Waals surface area contributed by atoms with Crippen molar-refractivity contribution in [1.82, 2.24) is 0 Å². The Labute approximate surface area is 215 Å². The largest absolute Gasteiger partial charge is 0.388 e. The molecule has 3 aromatic rings. The van der Waals surface area contributed by atoms with Gasteiger partial charge in [-0.15, -0.1) is 0 Å². The van der Waals surface area contributed by atoms with Crippen molar-refractivity contribution >= 4 is 0 Å². The quantitative estimate of drug-likeness (QED) is 0.333. The van der Waals surface area contributed by atoms with Gasteiger partial charge in [0.2, 0.25) is 0 Å². The highest BCUT2D eigenvalue weighted by molar-refractivity contribution is 5.15. The molecule has 0 bridgehead atoms. The molecule has 0 unspecified atom stereocenters. The summed E-state index contributed by atoms with van der Waals surface area (Å²) in [6, 6.07) is 30.2. The van der Waals surface area contributed by atoms with Crippen molar-refractivity contribution in [3.63, 3.8) is 0 Å². The molecule has 192 valence electrons. The highest BCUT2D eigenvalue weighted by Gasteiger charge is 2.46. The molecule has 1 fully saturated rings. The Balaban J connectivity index is 1.51. The second-order valence-electron chi connectivity index (χ2n) is 9.37. The average molecular weight is 491 g/mol. The number of hydrogen-bond acceptors (Lipinski definition) is 5. The molecule has 0 radical (unpaired) electrons. The fourth-order valence-corrected chi connectivity index (χ4v) is 4.57. The van der Waals surface area contributed by atoms with E-state index in [1.807, 2.05) is 91.0 Å². The number of hydrogen-bond donors (Lipinski definition) is 1. The van der Waals surface area contributed by atoms with Crippen molar-refractivity contribution < 1.29 is 24.1 Å². The third-order valence-electron chi connectivity index (χ3n) is 6.56. The van der Waals surface area contributed by atoms with Crippen LogP contribution in [0.25, 0.3) is 0 Å². The monoisotopic (exact) mass is 490 g/mol. The molecule has 3 aromatic carbocycles. The molecule has 4 rings (SSSR count). The predicted molar refractivity (Wildman–Crippen MR) is 140 cm³/mol. The van der Waals surface area contributed by atoms with E-state index in [-0.39, 0.29) is 12.2 Å². The molecule has 1 N–H and O–H groups in total. The number of ether oxygens (including phenoxy) is 4. The van der Waals surface area contributed by atoms with Gasteiger partial charge in [-0.2, -0.15) is 0 Å². The van der Waals surface area contributed by atoms with Gasteiger partial charge in [-0.3, -0.25) is 0 Å². The summed E-state index contributed by atoms with van der Waals surface area (Å²) < 4.78 is 25.3. The smallest absolute Gasteiger partial charge is 0.115 e. The fraction of sp³-hybridized carbons (Fsp3) is 0.419. The Hall–Kier alpha value is -2.54. The SMILES string of the molecule is CCCC[C@H]1O[C@H](COCc2ccccc2)[C@@H](OCc2ccccc2)[C@H](OCc2ccccc2)[C@H]1O. The lowest BCUT2D eigenvalue weighted by atomic mass is 9.92. The molecule has 0 amide bonds. The van der Waals surface area contributed by atoms with Crippen LogP contribution in [0.2, 0.25) is 0 Å². The summed E-state index contributed by atoms with van der Waals surface area (Å²) >= 11 is 0. The Bertz CT molecular complexity index is 982. The standard InChI is InChI=1S/C31H38O5/c1-2-3-19-27-29(32)31(35-22-26-17-11-6-12-18-26)30(34-21-25-15-9-5-10-16-25)28(36-27)23-33-20-24-13-7-4-8-14-24/h4-18,27-32H,2-3,19-23H2,1H3/t27-,28-,29+,30-,31-/m1/s1. The second kappa shape index (κ2) is 14.3. The zero-order valence-electron chi connectivity index (χ0n) is 21.1. The van der Waals surface area contributed by atoms with E-state index in [9.17, 15) is 5.11 Å². The van der Waals surface area contributed by atoms with Gasteiger partial charge in [0, 0.05) is 0 Å². The molecule has 5 atom stereocenters. The molecule has 5 nitrogen and oxygen atoms in total. The van der Waals surface area contributed by atoms with E-state index in [0.29, 0.717) is 26.4 Å². The van der Waals surface area contributed by atoms with Crippen molar-refractivity contribution in [1.29, 1.82) is 0 Å². The van der Waals surface area contributed by atoms with Crippen LogP contribution < -0.4 is 0 Å². The molecule has 1 aliphatic heterocycles. The van der Waals surface area contributed by atoms with Gasteiger partial charge in [-0.05, 0) is 23.1 Å². The van der Waals surface area contributed by atoms with Gasteiger partial charge < -0.3 is 24.1 Å². The zero-order chi connectivity index (χ0) is 25.0. The van der Waals surface area contributed by atoms with E-state index in [4.69, 9.17) is 18.9 Å². The summed E-state index contributed by atoms with van der Waals surface area (Å²) in [5, 5.41) is 11.4. The molecule has 0 aliphatic carbocycles. The maximum absolute atomic E-state index is 11.4. The summed E-state index contributed by atoms with van der Waals surface area (Å²) in [4.78, 5) is 0. The molecule has 0 saturated carbocycles. The van der Waals surface area contributed by atoms with Crippen LogP contribution in [0.15, 0.2) is 91.0 Å². The van der Waals surface area contributed by atoms with Gasteiger partial charge in [0.25, 0.3) is 0 Å². The van der Waals surface area contributed by atoms with Crippen molar-refractivity contribution in [3.8, 4) is 0 Å². The van der Waals surface area contributed by atoms with Gasteiger partial charge in [0.05, 0.1) is 32.5 Å². The number of aliphatic hydroxyl groups excluding tert-OH is 1. The lowest BCUT2D eigenvalue weighted by Crippen LogP contribution is -2.60. The maximum Gasteiger partial charge on any atom is 0.115 e. The Morgan fingerprint density at radius 2 is 1.17 bits per heavy atom. The molecule has 0 spiro atoms. The first-order chi connectivity index (χ1) is 17.7. The Kier molecular flexibility index (Phi) is 10.5. The van der Waals surface area contributed by atoms with Crippen LogP contribution in [0.5, 0.6) is 0 Å². The Morgan fingerprint density at radius 1 is 0.667 bits per heavy atom. The van der Waals surface area contributed by atoms with Gasteiger partial charge in [0.1, 0.15) is 24.4 Å². The fourth-order valence-electron chi connectivity index (χ4n) is 4.57. The normalized spacial score (nSPS) is 24.0. The van der Waals surface area contributed by atoms with Crippen LogP contribution in [-0.4, -0.2) is 42.2 Å². The van der Waals surface area contributed by atoms with Gasteiger partial charge >= 0.3 is 0 Å². The van der Waals surface area contributed by atoms with E-state index < -0.39 is 18.3 Å². The molecule has 5 heteroatoms. The highest BCUT2D eigenvalue weighted by Crippen LogP contribution is 2.30. The second-order valence-corrected chi connectivity index (χ2v) is 9.37. The lowest BCUT2D eigenvalue weighted by molar-refractivity contribution is -0.262. The van der Waals surface area contributed by atoms with Crippen LogP contribution in [0.1, 0.15) is 42.9 Å².